The van der Waals surface area contributed by atoms with Crippen LogP contribution in [0.15, 0.2) is 0 Å². The fourth-order valence-corrected chi connectivity index (χ4v) is 0.764. The number of ether oxygens (including phenoxy) is 1. The van der Waals surface area contributed by atoms with Gasteiger partial charge in [0.15, 0.2) is 0 Å². The lowest BCUT2D eigenvalue weighted by Gasteiger charge is -2.03. The van der Waals surface area contributed by atoms with Crippen molar-refractivity contribution in [3.8, 4) is 0 Å². The van der Waals surface area contributed by atoms with Crippen molar-refractivity contribution in [1.29, 1.82) is 0 Å². The molecule has 0 atom stereocenters. The van der Waals surface area contributed by atoms with Crippen molar-refractivity contribution in [2.45, 2.75) is 47.0 Å². The molecule has 1 N–H and O–H groups in total. The Morgan fingerprint density at radius 2 is 1.79 bits per heavy atom. The molecule has 0 bridgehead atoms. The Bertz CT molecular complexity index is 116. The molecule has 0 aromatic heterocycles. The van der Waals surface area contributed by atoms with Crippen molar-refractivity contribution < 1.29 is 9.53 Å². The van der Waals surface area contributed by atoms with Crippen LogP contribution in [0, 0.1) is 0 Å². The van der Waals surface area contributed by atoms with Crippen molar-refractivity contribution in [3.63, 3.8) is 0 Å². The van der Waals surface area contributed by atoms with Gasteiger partial charge in [-0.3, -0.25) is 4.79 Å². The molecule has 0 spiro atoms. The standard InChI is InChI=1S/C9H19NO2.C2H6/c1-3-6-10-9(11)5-8-12-7-4-2;1-2/h3-8H2,1-2H3,(H,10,11);1-2H3. The highest BCUT2D eigenvalue weighted by atomic mass is 16.5. The number of hydrogen-bond acceptors (Lipinski definition) is 2. The molecule has 0 saturated carbocycles. The maximum absolute atomic E-state index is 11.0. The lowest BCUT2D eigenvalue weighted by Crippen LogP contribution is -2.25. The maximum atomic E-state index is 11.0. The first-order valence-electron chi connectivity index (χ1n) is 5.65. The minimum Gasteiger partial charge on any atom is -0.381 e. The number of nitrogens with one attached hydrogen (secondary N) is 1. The number of amides is 1. The monoisotopic (exact) mass is 203 g/mol. The molecule has 3 heteroatoms. The van der Waals surface area contributed by atoms with E-state index in [0.29, 0.717) is 13.0 Å². The summed E-state index contributed by atoms with van der Waals surface area (Å²) in [7, 11) is 0. The molecule has 0 fully saturated rings. The molecular formula is C11H25NO2. The summed E-state index contributed by atoms with van der Waals surface area (Å²) in [6, 6.07) is 0. The molecule has 0 aliphatic heterocycles. The number of carbonyl (C=O) groups is 1. The fourth-order valence-electron chi connectivity index (χ4n) is 0.764. The van der Waals surface area contributed by atoms with Crippen LogP contribution < -0.4 is 5.32 Å². The van der Waals surface area contributed by atoms with Crippen molar-refractivity contribution >= 4 is 5.91 Å². The second-order valence-corrected chi connectivity index (χ2v) is 2.71. The average molecular weight is 203 g/mol. The van der Waals surface area contributed by atoms with Gasteiger partial charge in [0, 0.05) is 19.6 Å². The van der Waals surface area contributed by atoms with E-state index in [0.717, 1.165) is 26.0 Å². The zero-order valence-corrected chi connectivity index (χ0v) is 10.1. The van der Waals surface area contributed by atoms with E-state index < -0.39 is 0 Å². The van der Waals surface area contributed by atoms with Gasteiger partial charge in [-0.2, -0.15) is 0 Å². The van der Waals surface area contributed by atoms with Gasteiger partial charge in [0.1, 0.15) is 0 Å². The summed E-state index contributed by atoms with van der Waals surface area (Å²) in [5.41, 5.74) is 0. The summed E-state index contributed by atoms with van der Waals surface area (Å²) >= 11 is 0. The van der Waals surface area contributed by atoms with Crippen LogP contribution in [-0.4, -0.2) is 25.7 Å². The Morgan fingerprint density at radius 1 is 1.14 bits per heavy atom. The van der Waals surface area contributed by atoms with Crippen LogP contribution in [0.4, 0.5) is 0 Å². The predicted molar refractivity (Wildman–Crippen MR) is 60.4 cm³/mol. The second kappa shape index (κ2) is 14.9. The van der Waals surface area contributed by atoms with E-state index in [2.05, 4.69) is 12.2 Å². The molecule has 3 nitrogen and oxygen atoms in total. The molecule has 0 aliphatic carbocycles. The third-order valence-corrected chi connectivity index (χ3v) is 1.39. The molecule has 0 rings (SSSR count). The van der Waals surface area contributed by atoms with Crippen molar-refractivity contribution in [1.82, 2.24) is 5.32 Å². The van der Waals surface area contributed by atoms with Gasteiger partial charge in [-0.15, -0.1) is 0 Å². The van der Waals surface area contributed by atoms with Gasteiger partial charge in [0.2, 0.25) is 5.91 Å². The summed E-state index contributed by atoms with van der Waals surface area (Å²) in [6.07, 6.45) is 2.48. The first kappa shape index (κ1) is 15.9. The van der Waals surface area contributed by atoms with Gasteiger partial charge in [0.05, 0.1) is 6.61 Å². The highest BCUT2D eigenvalue weighted by Crippen LogP contribution is 1.85. The first-order valence-corrected chi connectivity index (χ1v) is 5.65. The molecule has 14 heavy (non-hydrogen) atoms. The van der Waals surface area contributed by atoms with Gasteiger partial charge < -0.3 is 10.1 Å². The Labute approximate surface area is 88.2 Å². The van der Waals surface area contributed by atoms with Crippen LogP contribution in [0.1, 0.15) is 47.0 Å². The zero-order chi connectivity index (χ0) is 11.2. The van der Waals surface area contributed by atoms with E-state index >= 15 is 0 Å². The average Bonchev–Trinajstić information content (AvgIpc) is 2.24. The minimum atomic E-state index is 0.0907. The number of carbonyl (C=O) groups excluding carboxylic acids is 1. The van der Waals surface area contributed by atoms with E-state index in [9.17, 15) is 4.79 Å². The maximum Gasteiger partial charge on any atom is 0.222 e. The smallest absolute Gasteiger partial charge is 0.222 e. The lowest BCUT2D eigenvalue weighted by molar-refractivity contribution is -0.122. The summed E-state index contributed by atoms with van der Waals surface area (Å²) in [4.78, 5) is 11.0. The van der Waals surface area contributed by atoms with Gasteiger partial charge in [-0.05, 0) is 12.8 Å². The van der Waals surface area contributed by atoms with Crippen LogP contribution in [0.2, 0.25) is 0 Å². The topological polar surface area (TPSA) is 38.3 Å². The molecule has 0 aromatic carbocycles. The third-order valence-electron chi connectivity index (χ3n) is 1.39. The summed E-state index contributed by atoms with van der Waals surface area (Å²) in [5, 5.41) is 2.79. The minimum absolute atomic E-state index is 0.0907. The van der Waals surface area contributed by atoms with Crippen LogP contribution >= 0.6 is 0 Å². The molecule has 86 valence electrons. The Kier molecular flexibility index (Phi) is 16.9. The molecule has 1 amide bonds. The van der Waals surface area contributed by atoms with E-state index in [1.807, 2.05) is 20.8 Å². The summed E-state index contributed by atoms with van der Waals surface area (Å²) in [6.45, 7) is 10.2. The van der Waals surface area contributed by atoms with E-state index in [-0.39, 0.29) is 5.91 Å². The quantitative estimate of drug-likeness (QED) is 0.645. The van der Waals surface area contributed by atoms with E-state index in [1.165, 1.54) is 0 Å². The van der Waals surface area contributed by atoms with Crippen LogP contribution in [-0.2, 0) is 9.53 Å². The summed E-state index contributed by atoms with van der Waals surface area (Å²) < 4.78 is 5.17. The Hall–Kier alpha value is -0.570. The second-order valence-electron chi connectivity index (χ2n) is 2.71. The molecule has 0 unspecified atom stereocenters. The number of hydrogen-bond donors (Lipinski definition) is 1. The molecule has 0 saturated heterocycles. The fraction of sp³-hybridized carbons (Fsp3) is 0.909. The molecule has 0 radical (unpaired) electrons. The first-order chi connectivity index (χ1) is 6.81. The van der Waals surface area contributed by atoms with Gasteiger partial charge >= 0.3 is 0 Å². The predicted octanol–water partition coefficient (Wildman–Crippen LogP) is 2.36. The Balaban J connectivity index is 0. The largest absolute Gasteiger partial charge is 0.381 e. The normalized spacial score (nSPS) is 8.86. The van der Waals surface area contributed by atoms with Crippen molar-refractivity contribution in [3.05, 3.63) is 0 Å². The van der Waals surface area contributed by atoms with E-state index in [1.54, 1.807) is 0 Å². The zero-order valence-electron chi connectivity index (χ0n) is 10.1. The molecular weight excluding hydrogens is 178 g/mol. The van der Waals surface area contributed by atoms with Gasteiger partial charge in [-0.25, -0.2) is 0 Å². The molecule has 0 aromatic rings. The van der Waals surface area contributed by atoms with Crippen LogP contribution in [0.25, 0.3) is 0 Å². The van der Waals surface area contributed by atoms with E-state index in [4.69, 9.17) is 4.74 Å². The SMILES string of the molecule is CC.CCCNC(=O)CCOCCC. The highest BCUT2D eigenvalue weighted by molar-refractivity contribution is 5.75. The number of rotatable bonds is 7. The molecule has 0 heterocycles. The van der Waals surface area contributed by atoms with Gasteiger partial charge in [-0.1, -0.05) is 27.7 Å². The van der Waals surface area contributed by atoms with Crippen molar-refractivity contribution in [2.24, 2.45) is 0 Å². The Morgan fingerprint density at radius 3 is 2.29 bits per heavy atom. The van der Waals surface area contributed by atoms with Crippen molar-refractivity contribution in [2.75, 3.05) is 19.8 Å². The third kappa shape index (κ3) is 14.0. The van der Waals surface area contributed by atoms with Gasteiger partial charge in [0.25, 0.3) is 0 Å². The molecule has 0 aliphatic rings. The highest BCUT2D eigenvalue weighted by Gasteiger charge is 1.98. The van der Waals surface area contributed by atoms with Crippen LogP contribution in [0.3, 0.4) is 0 Å². The summed E-state index contributed by atoms with van der Waals surface area (Å²) in [5.74, 6) is 0.0907. The van der Waals surface area contributed by atoms with Crippen LogP contribution in [0.5, 0.6) is 0 Å². The lowest BCUT2D eigenvalue weighted by atomic mass is 10.4.